The first-order valence-electron chi connectivity index (χ1n) is 30.9. The number of aliphatic hydroxyl groups excluding tert-OH is 4. The lowest BCUT2D eigenvalue weighted by Gasteiger charge is -2.27. The molecule has 1 amide bonds. The average molecular weight is 973 g/mol. The number of aliphatic hydroxyl groups is 4. The Labute approximate surface area is 430 Å². The third kappa shape index (κ3) is 51.2. The molecule has 0 aromatic carbocycles. The largest absolute Gasteiger partial charge is 0.394 e. The number of rotatable bonds is 57. The van der Waals surface area contributed by atoms with Crippen molar-refractivity contribution in [1.29, 1.82) is 0 Å². The third-order valence-corrected chi connectivity index (χ3v) is 14.6. The molecule has 0 radical (unpaired) electrons. The molecule has 0 aliphatic rings. The molecule has 4 unspecified atom stereocenters. The van der Waals surface area contributed by atoms with Gasteiger partial charge in [-0.3, -0.25) is 4.79 Å². The molecule has 0 heterocycles. The Balaban J connectivity index is 3.64. The van der Waals surface area contributed by atoms with Gasteiger partial charge in [0.15, 0.2) is 0 Å². The topological polar surface area (TPSA) is 110 Å². The molecule has 0 spiro atoms. The standard InChI is InChI=1S/C63H121NO5/c1-3-5-7-9-11-13-15-17-19-21-23-25-27-29-30-31-32-33-35-37-39-41-43-45-47-49-51-53-55-57-61(67)63(69)64-59(58-65)62(68)60(66)56-54-52-50-48-46-44-42-40-38-36-34-28-26-24-22-20-18-16-14-12-10-8-6-4-2/h28,34,40,42,48,50,59-62,65-68H,3-27,29-33,35-39,41,43-47,49,51-58H2,1-2H3,(H,64,69)/b34-28+,42-40+,50-48+. The van der Waals surface area contributed by atoms with Crippen LogP contribution in [0.15, 0.2) is 36.5 Å². The molecule has 5 N–H and O–H groups in total. The lowest BCUT2D eigenvalue weighted by molar-refractivity contribution is -0.132. The predicted molar refractivity (Wildman–Crippen MR) is 302 cm³/mol. The average Bonchev–Trinajstić information content (AvgIpc) is 3.35. The van der Waals surface area contributed by atoms with E-state index in [1.54, 1.807) is 0 Å². The number of carbonyl (C=O) groups excluding carboxylic acids is 1. The Morgan fingerprint density at radius 2 is 0.609 bits per heavy atom. The summed E-state index contributed by atoms with van der Waals surface area (Å²) < 4.78 is 0. The van der Waals surface area contributed by atoms with Crippen LogP contribution in [-0.2, 0) is 4.79 Å². The van der Waals surface area contributed by atoms with Crippen molar-refractivity contribution in [3.63, 3.8) is 0 Å². The van der Waals surface area contributed by atoms with Crippen molar-refractivity contribution in [3.8, 4) is 0 Å². The molecule has 0 aromatic rings. The van der Waals surface area contributed by atoms with Gasteiger partial charge in [-0.2, -0.15) is 0 Å². The minimum Gasteiger partial charge on any atom is -0.394 e. The van der Waals surface area contributed by atoms with Gasteiger partial charge in [0.2, 0.25) is 5.91 Å². The molecule has 0 aliphatic carbocycles. The van der Waals surface area contributed by atoms with Crippen molar-refractivity contribution in [1.82, 2.24) is 5.32 Å². The maximum Gasteiger partial charge on any atom is 0.249 e. The van der Waals surface area contributed by atoms with Crippen LogP contribution in [0, 0.1) is 0 Å². The molecule has 0 saturated heterocycles. The molecular weight excluding hydrogens is 851 g/mol. The van der Waals surface area contributed by atoms with E-state index in [0.717, 1.165) is 51.4 Å². The van der Waals surface area contributed by atoms with E-state index in [0.29, 0.717) is 19.3 Å². The summed E-state index contributed by atoms with van der Waals surface area (Å²) in [5, 5.41) is 44.0. The van der Waals surface area contributed by atoms with E-state index < -0.39 is 36.9 Å². The molecule has 69 heavy (non-hydrogen) atoms. The van der Waals surface area contributed by atoms with Gasteiger partial charge in [-0.25, -0.2) is 0 Å². The number of nitrogens with one attached hydrogen (secondary N) is 1. The Kier molecular flexibility index (Phi) is 56.2. The third-order valence-electron chi connectivity index (χ3n) is 14.6. The van der Waals surface area contributed by atoms with Crippen molar-refractivity contribution in [2.75, 3.05) is 6.61 Å². The fourth-order valence-electron chi connectivity index (χ4n) is 9.74. The second kappa shape index (κ2) is 57.4. The first-order valence-corrected chi connectivity index (χ1v) is 30.9. The molecule has 0 fully saturated rings. The second-order valence-corrected chi connectivity index (χ2v) is 21.4. The van der Waals surface area contributed by atoms with Gasteiger partial charge in [0.05, 0.1) is 18.8 Å². The van der Waals surface area contributed by atoms with Crippen LogP contribution in [-0.4, -0.2) is 57.3 Å². The van der Waals surface area contributed by atoms with Crippen LogP contribution in [0.3, 0.4) is 0 Å². The summed E-state index contributed by atoms with van der Waals surface area (Å²) >= 11 is 0. The van der Waals surface area contributed by atoms with E-state index in [9.17, 15) is 25.2 Å². The Morgan fingerprint density at radius 3 is 0.913 bits per heavy atom. The predicted octanol–water partition coefficient (Wildman–Crippen LogP) is 18.4. The fourth-order valence-corrected chi connectivity index (χ4v) is 9.74. The van der Waals surface area contributed by atoms with Crippen LogP contribution in [0.25, 0.3) is 0 Å². The van der Waals surface area contributed by atoms with E-state index >= 15 is 0 Å². The van der Waals surface area contributed by atoms with Crippen molar-refractivity contribution in [2.45, 2.75) is 353 Å². The van der Waals surface area contributed by atoms with Gasteiger partial charge in [0, 0.05) is 0 Å². The number of hydrogen-bond acceptors (Lipinski definition) is 5. The second-order valence-electron chi connectivity index (χ2n) is 21.4. The minimum absolute atomic E-state index is 0.362. The monoisotopic (exact) mass is 972 g/mol. The van der Waals surface area contributed by atoms with E-state index in [1.165, 1.54) is 244 Å². The lowest BCUT2D eigenvalue weighted by atomic mass is 10.00. The zero-order chi connectivity index (χ0) is 50.2. The molecule has 0 rings (SSSR count). The quantitative estimate of drug-likeness (QED) is 0.0308. The van der Waals surface area contributed by atoms with Crippen LogP contribution >= 0.6 is 0 Å². The van der Waals surface area contributed by atoms with Gasteiger partial charge in [0.1, 0.15) is 12.2 Å². The van der Waals surface area contributed by atoms with Gasteiger partial charge in [-0.1, -0.05) is 301 Å². The van der Waals surface area contributed by atoms with Crippen LogP contribution < -0.4 is 5.32 Å². The SMILES string of the molecule is CCCCCCCCCCCCC/C=C/CC/C=C/CC/C=C/CCCC(O)C(O)C(CO)NC(=O)C(O)CCCCCCCCCCCCCCCCCCCCCCCCCCCCCCC. The molecule has 408 valence electrons. The smallest absolute Gasteiger partial charge is 0.249 e. The van der Waals surface area contributed by atoms with Gasteiger partial charge < -0.3 is 25.7 Å². The molecule has 0 aliphatic heterocycles. The lowest BCUT2D eigenvalue weighted by Crippen LogP contribution is -2.53. The molecule has 6 nitrogen and oxygen atoms in total. The van der Waals surface area contributed by atoms with Gasteiger partial charge in [0.25, 0.3) is 0 Å². The first kappa shape index (κ1) is 67.5. The minimum atomic E-state index is -1.29. The molecule has 0 saturated carbocycles. The molecular formula is C63H121NO5. The van der Waals surface area contributed by atoms with E-state index in [4.69, 9.17) is 0 Å². The zero-order valence-corrected chi connectivity index (χ0v) is 46.3. The Morgan fingerprint density at radius 1 is 0.348 bits per heavy atom. The highest BCUT2D eigenvalue weighted by molar-refractivity contribution is 5.80. The zero-order valence-electron chi connectivity index (χ0n) is 46.3. The normalized spacial score (nSPS) is 13.9. The van der Waals surface area contributed by atoms with Crippen molar-refractivity contribution in [2.24, 2.45) is 0 Å². The summed E-state index contributed by atoms with van der Waals surface area (Å²) in [4.78, 5) is 12.6. The summed E-state index contributed by atoms with van der Waals surface area (Å²) in [5.41, 5.74) is 0. The number of amides is 1. The van der Waals surface area contributed by atoms with Crippen LogP contribution in [0.5, 0.6) is 0 Å². The summed E-state index contributed by atoms with van der Waals surface area (Å²) in [6, 6.07) is -1.01. The molecule has 0 bridgehead atoms. The Bertz CT molecular complexity index is 1090. The van der Waals surface area contributed by atoms with E-state index in [-0.39, 0.29) is 0 Å². The van der Waals surface area contributed by atoms with Crippen molar-refractivity contribution >= 4 is 5.91 Å². The van der Waals surface area contributed by atoms with Gasteiger partial charge in [-0.05, 0) is 64.2 Å². The van der Waals surface area contributed by atoms with E-state index in [1.807, 2.05) is 0 Å². The summed E-state index contributed by atoms with van der Waals surface area (Å²) in [6.07, 6.45) is 72.4. The summed E-state index contributed by atoms with van der Waals surface area (Å²) in [6.45, 7) is 4.08. The van der Waals surface area contributed by atoms with E-state index in [2.05, 4.69) is 55.6 Å². The maximum atomic E-state index is 12.6. The van der Waals surface area contributed by atoms with Crippen LogP contribution in [0.1, 0.15) is 328 Å². The molecule has 4 atom stereocenters. The van der Waals surface area contributed by atoms with Crippen molar-refractivity contribution < 1.29 is 25.2 Å². The van der Waals surface area contributed by atoms with Gasteiger partial charge >= 0.3 is 0 Å². The van der Waals surface area contributed by atoms with Gasteiger partial charge in [-0.15, -0.1) is 0 Å². The highest BCUT2D eigenvalue weighted by Gasteiger charge is 2.28. The summed E-state index contributed by atoms with van der Waals surface area (Å²) in [5.74, 6) is -0.594. The van der Waals surface area contributed by atoms with Crippen LogP contribution in [0.4, 0.5) is 0 Å². The summed E-state index contributed by atoms with van der Waals surface area (Å²) in [7, 11) is 0. The first-order chi connectivity index (χ1) is 34.0. The van der Waals surface area contributed by atoms with Crippen molar-refractivity contribution in [3.05, 3.63) is 36.5 Å². The highest BCUT2D eigenvalue weighted by atomic mass is 16.3. The number of allylic oxidation sites excluding steroid dienone is 6. The highest BCUT2D eigenvalue weighted by Crippen LogP contribution is 2.18. The molecule has 0 aromatic heterocycles. The van der Waals surface area contributed by atoms with Crippen LogP contribution in [0.2, 0.25) is 0 Å². The number of unbranched alkanes of at least 4 members (excludes halogenated alkanes) is 42. The molecule has 6 heteroatoms. The fraction of sp³-hybridized carbons (Fsp3) is 0.889. The number of hydrogen-bond donors (Lipinski definition) is 5. The Hall–Kier alpha value is -1.47. The number of carbonyl (C=O) groups is 1. The maximum absolute atomic E-state index is 12.6.